The molecule has 140 valence electrons. The van der Waals surface area contributed by atoms with E-state index < -0.39 is 0 Å². The van der Waals surface area contributed by atoms with Gasteiger partial charge in [-0.1, -0.05) is 24.3 Å². The van der Waals surface area contributed by atoms with Crippen molar-refractivity contribution < 1.29 is 4.79 Å². The van der Waals surface area contributed by atoms with Crippen molar-refractivity contribution in [2.75, 3.05) is 0 Å². The highest BCUT2D eigenvalue weighted by molar-refractivity contribution is 5.84. The predicted molar refractivity (Wildman–Crippen MR) is 105 cm³/mol. The molecule has 4 rings (SSSR count). The lowest BCUT2D eigenvalue weighted by Crippen LogP contribution is -2.25. The minimum atomic E-state index is -0.171. The first-order chi connectivity index (χ1) is 12.9. The van der Waals surface area contributed by atoms with Gasteiger partial charge in [-0.05, 0) is 54.9 Å². The van der Waals surface area contributed by atoms with Crippen molar-refractivity contribution in [3.8, 4) is 0 Å². The van der Waals surface area contributed by atoms with Crippen molar-refractivity contribution in [3.63, 3.8) is 0 Å². The minimum Gasteiger partial charge on any atom is -0.352 e. The number of hydrogen-bond donors (Lipinski definition) is 2. The Morgan fingerprint density at radius 2 is 1.96 bits per heavy atom. The van der Waals surface area contributed by atoms with E-state index in [1.807, 2.05) is 13.8 Å². The van der Waals surface area contributed by atoms with Gasteiger partial charge >= 0.3 is 0 Å². The summed E-state index contributed by atoms with van der Waals surface area (Å²) < 4.78 is 1.62. The average Bonchev–Trinajstić information content (AvgIpc) is 3.44. The second-order valence-electron chi connectivity index (χ2n) is 7.47. The fraction of sp³-hybridized carbons (Fsp3) is 0.381. The number of nitrogens with zero attached hydrogens (tertiary/aromatic N) is 2. The van der Waals surface area contributed by atoms with Gasteiger partial charge in [0, 0.05) is 19.3 Å². The number of aromatic amines is 1. The number of rotatable bonds is 5. The molecule has 0 bridgehead atoms. The number of carbonyl (C=O) groups excluding carboxylic acids is 1. The van der Waals surface area contributed by atoms with Crippen molar-refractivity contribution in [2.45, 2.75) is 45.6 Å². The second-order valence-corrected chi connectivity index (χ2v) is 7.47. The van der Waals surface area contributed by atoms with E-state index in [0.29, 0.717) is 17.6 Å². The Bertz CT molecular complexity index is 1070. The van der Waals surface area contributed by atoms with Crippen molar-refractivity contribution in [2.24, 2.45) is 7.05 Å². The van der Waals surface area contributed by atoms with Crippen LogP contribution in [0, 0.1) is 13.8 Å². The van der Waals surface area contributed by atoms with Gasteiger partial charge in [0.05, 0.1) is 11.8 Å². The van der Waals surface area contributed by atoms with Gasteiger partial charge in [0.2, 0.25) is 5.91 Å². The zero-order valence-corrected chi connectivity index (χ0v) is 15.9. The Balaban J connectivity index is 1.47. The number of aromatic nitrogens is 3. The summed E-state index contributed by atoms with van der Waals surface area (Å²) in [5.74, 6) is 0.670. The third-order valence-electron chi connectivity index (χ3n) is 5.43. The average molecular weight is 364 g/mol. The molecule has 0 aliphatic heterocycles. The lowest BCUT2D eigenvalue weighted by atomic mass is 10.0. The highest BCUT2D eigenvalue weighted by Gasteiger charge is 2.23. The molecular formula is C21H24N4O2. The van der Waals surface area contributed by atoms with Gasteiger partial charge < -0.3 is 5.32 Å². The minimum absolute atomic E-state index is 0.0685. The molecule has 0 spiro atoms. The number of H-pyrrole nitrogens is 1. The van der Waals surface area contributed by atoms with Gasteiger partial charge in [-0.15, -0.1) is 0 Å². The fourth-order valence-electron chi connectivity index (χ4n) is 3.66. The van der Waals surface area contributed by atoms with Gasteiger partial charge in [-0.3, -0.25) is 19.4 Å². The molecule has 1 fully saturated rings. The van der Waals surface area contributed by atoms with Crippen molar-refractivity contribution >= 4 is 16.9 Å². The Morgan fingerprint density at radius 1 is 1.26 bits per heavy atom. The van der Waals surface area contributed by atoms with Gasteiger partial charge in [0.1, 0.15) is 0 Å². The number of fused-ring (bicyclic) bond motifs is 1. The van der Waals surface area contributed by atoms with E-state index in [0.717, 1.165) is 28.3 Å². The van der Waals surface area contributed by atoms with Crippen LogP contribution in [0.5, 0.6) is 0 Å². The number of nitrogens with one attached hydrogen (secondary N) is 2. The van der Waals surface area contributed by atoms with Crippen LogP contribution in [0.3, 0.4) is 0 Å². The highest BCUT2D eigenvalue weighted by atomic mass is 16.1. The molecule has 1 aliphatic carbocycles. The topological polar surface area (TPSA) is 79.8 Å². The molecule has 1 aliphatic rings. The molecule has 0 radical (unpaired) electrons. The molecule has 6 heteroatoms. The summed E-state index contributed by atoms with van der Waals surface area (Å²) in [4.78, 5) is 29.1. The van der Waals surface area contributed by atoms with E-state index in [9.17, 15) is 9.59 Å². The van der Waals surface area contributed by atoms with Crippen LogP contribution in [-0.4, -0.2) is 20.7 Å². The van der Waals surface area contributed by atoms with Gasteiger partial charge in [0.15, 0.2) is 5.65 Å². The van der Waals surface area contributed by atoms with Crippen LogP contribution < -0.4 is 10.9 Å². The van der Waals surface area contributed by atoms with Crippen LogP contribution >= 0.6 is 0 Å². The summed E-state index contributed by atoms with van der Waals surface area (Å²) in [6.45, 7) is 4.26. The lowest BCUT2D eigenvalue weighted by Gasteiger charge is -2.11. The fourth-order valence-corrected chi connectivity index (χ4v) is 3.66. The smallest absolute Gasteiger partial charge is 0.273 e. The lowest BCUT2D eigenvalue weighted by molar-refractivity contribution is -0.120. The molecule has 1 saturated carbocycles. The molecular weight excluding hydrogens is 340 g/mol. The Kier molecular flexibility index (Phi) is 4.34. The van der Waals surface area contributed by atoms with Crippen molar-refractivity contribution in [1.82, 2.24) is 20.1 Å². The van der Waals surface area contributed by atoms with E-state index in [-0.39, 0.29) is 17.9 Å². The maximum atomic E-state index is 12.5. The van der Waals surface area contributed by atoms with E-state index in [1.165, 1.54) is 18.4 Å². The van der Waals surface area contributed by atoms with Gasteiger partial charge in [-0.25, -0.2) is 4.98 Å². The largest absolute Gasteiger partial charge is 0.352 e. The molecule has 0 unspecified atom stereocenters. The SMILES string of the molecule is Cc1nc2c(c(C)c1CC(=O)NCc1ccc(C3CC3)cc1)c(=O)[nH]n2C. The Hall–Kier alpha value is -2.89. The van der Waals surface area contributed by atoms with Crippen LogP contribution in [0.4, 0.5) is 0 Å². The second kappa shape index (κ2) is 6.68. The van der Waals surface area contributed by atoms with Crippen molar-refractivity contribution in [3.05, 3.63) is 62.6 Å². The monoisotopic (exact) mass is 364 g/mol. The Morgan fingerprint density at radius 3 is 2.63 bits per heavy atom. The molecule has 0 saturated heterocycles. The van der Waals surface area contributed by atoms with E-state index in [4.69, 9.17) is 0 Å². The summed E-state index contributed by atoms with van der Waals surface area (Å²) in [6, 6.07) is 8.49. The maximum Gasteiger partial charge on any atom is 0.273 e. The molecule has 1 aromatic carbocycles. The van der Waals surface area contributed by atoms with Crippen LogP contribution in [-0.2, 0) is 24.8 Å². The van der Waals surface area contributed by atoms with Gasteiger partial charge in [0.25, 0.3) is 5.56 Å². The highest BCUT2D eigenvalue weighted by Crippen LogP contribution is 2.39. The summed E-state index contributed by atoms with van der Waals surface area (Å²) in [7, 11) is 1.76. The number of amides is 1. The zero-order chi connectivity index (χ0) is 19.1. The zero-order valence-electron chi connectivity index (χ0n) is 15.9. The normalized spacial score (nSPS) is 13.9. The summed E-state index contributed by atoms with van der Waals surface area (Å²) in [5.41, 5.74) is 5.35. The molecule has 2 aromatic heterocycles. The number of benzene rings is 1. The molecule has 27 heavy (non-hydrogen) atoms. The first-order valence-corrected chi connectivity index (χ1v) is 9.34. The standard InChI is InChI=1S/C21H24N4O2/c1-12-17(13(2)23-20-19(12)21(27)24-25(20)3)10-18(26)22-11-14-4-6-15(7-5-14)16-8-9-16/h4-7,16H,8-11H2,1-3H3,(H,22,26)(H,24,27). The summed E-state index contributed by atoms with van der Waals surface area (Å²) in [6.07, 6.45) is 2.80. The third-order valence-corrected chi connectivity index (χ3v) is 5.43. The molecule has 3 aromatic rings. The van der Waals surface area contributed by atoms with E-state index in [1.54, 1.807) is 11.7 Å². The Labute approximate surface area is 157 Å². The number of aryl methyl sites for hydroxylation is 3. The van der Waals surface area contributed by atoms with E-state index >= 15 is 0 Å². The maximum absolute atomic E-state index is 12.5. The van der Waals surface area contributed by atoms with Crippen LogP contribution in [0.2, 0.25) is 0 Å². The summed E-state index contributed by atoms with van der Waals surface area (Å²) >= 11 is 0. The van der Waals surface area contributed by atoms with Crippen LogP contribution in [0.25, 0.3) is 11.0 Å². The molecule has 0 atom stereocenters. The van der Waals surface area contributed by atoms with Gasteiger partial charge in [-0.2, -0.15) is 0 Å². The van der Waals surface area contributed by atoms with E-state index in [2.05, 4.69) is 39.7 Å². The van der Waals surface area contributed by atoms with Crippen LogP contribution in [0.15, 0.2) is 29.1 Å². The first kappa shape index (κ1) is 17.5. The molecule has 1 amide bonds. The quantitative estimate of drug-likeness (QED) is 0.730. The molecule has 2 N–H and O–H groups in total. The summed E-state index contributed by atoms with van der Waals surface area (Å²) in [5, 5.41) is 6.26. The van der Waals surface area contributed by atoms with Crippen LogP contribution in [0.1, 0.15) is 46.7 Å². The molecule has 2 heterocycles. The predicted octanol–water partition coefficient (Wildman–Crippen LogP) is 2.61. The molecule has 6 nitrogen and oxygen atoms in total. The number of hydrogen-bond acceptors (Lipinski definition) is 3. The number of pyridine rings is 1. The first-order valence-electron chi connectivity index (χ1n) is 9.34. The number of carbonyl (C=O) groups is 1. The van der Waals surface area contributed by atoms with Crippen molar-refractivity contribution in [1.29, 1.82) is 0 Å². The third kappa shape index (κ3) is 3.39.